The zero-order chi connectivity index (χ0) is 29.6. The van der Waals surface area contributed by atoms with Gasteiger partial charge in [0.1, 0.15) is 6.04 Å². The highest BCUT2D eigenvalue weighted by molar-refractivity contribution is 6.25. The molecule has 3 amide bonds. The van der Waals surface area contributed by atoms with Crippen LogP contribution < -0.4 is 10.2 Å². The van der Waals surface area contributed by atoms with Crippen LogP contribution in [0.25, 0.3) is 10.8 Å². The van der Waals surface area contributed by atoms with Crippen molar-refractivity contribution in [1.82, 2.24) is 10.2 Å². The summed E-state index contributed by atoms with van der Waals surface area (Å²) in [5, 5.41) is 5.14. The molecule has 42 heavy (non-hydrogen) atoms. The summed E-state index contributed by atoms with van der Waals surface area (Å²) in [7, 11) is 0. The number of hydrogen-bond donors (Lipinski definition) is 1. The summed E-state index contributed by atoms with van der Waals surface area (Å²) >= 11 is 0. The number of carbonyl (C=O) groups is 3. The Morgan fingerprint density at radius 3 is 2.36 bits per heavy atom. The quantitative estimate of drug-likeness (QED) is 0.216. The lowest BCUT2D eigenvalue weighted by molar-refractivity contribution is -0.141. The Kier molecular flexibility index (Phi) is 9.01. The Labute approximate surface area is 248 Å². The van der Waals surface area contributed by atoms with E-state index in [1.165, 1.54) is 0 Å². The predicted molar refractivity (Wildman–Crippen MR) is 168 cm³/mol. The Morgan fingerprint density at radius 1 is 0.905 bits per heavy atom. The fourth-order valence-corrected chi connectivity index (χ4v) is 5.74. The summed E-state index contributed by atoms with van der Waals surface area (Å²) in [6.45, 7) is 6.80. The largest absolute Gasteiger partial charge is 0.352 e. The third-order valence-electron chi connectivity index (χ3n) is 8.13. The van der Waals surface area contributed by atoms with Crippen molar-refractivity contribution in [3.8, 4) is 0 Å². The molecule has 0 aliphatic carbocycles. The number of nitrogens with zero attached hydrogens (tertiary/aromatic N) is 2. The van der Waals surface area contributed by atoms with E-state index in [1.807, 2.05) is 106 Å². The number of amides is 3. The average molecular weight is 562 g/mol. The van der Waals surface area contributed by atoms with Gasteiger partial charge in [0.2, 0.25) is 11.8 Å². The van der Waals surface area contributed by atoms with Gasteiger partial charge in [-0.2, -0.15) is 0 Å². The van der Waals surface area contributed by atoms with Gasteiger partial charge in [0.25, 0.3) is 5.91 Å². The van der Waals surface area contributed by atoms with Crippen LogP contribution >= 0.6 is 0 Å². The average Bonchev–Trinajstić information content (AvgIpc) is 3.27. The molecule has 4 aromatic carbocycles. The summed E-state index contributed by atoms with van der Waals surface area (Å²) in [6.07, 6.45) is 1.94. The minimum atomic E-state index is -0.666. The Morgan fingerprint density at radius 2 is 1.62 bits per heavy atom. The Balaban J connectivity index is 1.38. The Bertz CT molecular complexity index is 1580. The van der Waals surface area contributed by atoms with Crippen molar-refractivity contribution in [3.63, 3.8) is 0 Å². The number of carbonyl (C=O) groups excluding carboxylic acids is 3. The molecule has 0 bridgehead atoms. The van der Waals surface area contributed by atoms with E-state index in [-0.39, 0.29) is 30.2 Å². The summed E-state index contributed by atoms with van der Waals surface area (Å²) in [4.78, 5) is 44.5. The highest BCUT2D eigenvalue weighted by Gasteiger charge is 2.32. The van der Waals surface area contributed by atoms with Crippen LogP contribution in [0.15, 0.2) is 91.0 Å². The molecule has 0 fully saturated rings. The van der Waals surface area contributed by atoms with Gasteiger partial charge < -0.3 is 15.1 Å². The van der Waals surface area contributed by atoms with Gasteiger partial charge in [-0.25, -0.2) is 0 Å². The van der Waals surface area contributed by atoms with Crippen LogP contribution in [0.5, 0.6) is 0 Å². The van der Waals surface area contributed by atoms with E-state index >= 15 is 0 Å². The summed E-state index contributed by atoms with van der Waals surface area (Å²) in [5.74, 6) is -0.272. The van der Waals surface area contributed by atoms with E-state index in [9.17, 15) is 14.4 Å². The summed E-state index contributed by atoms with van der Waals surface area (Å²) in [6, 6.07) is 29.0. The molecule has 6 heteroatoms. The topological polar surface area (TPSA) is 69.7 Å². The van der Waals surface area contributed by atoms with Gasteiger partial charge in [0.15, 0.2) is 0 Å². The van der Waals surface area contributed by atoms with E-state index in [2.05, 4.69) is 11.4 Å². The fraction of sp³-hybridized carbons (Fsp3) is 0.306. The second kappa shape index (κ2) is 13.0. The van der Waals surface area contributed by atoms with Crippen LogP contribution in [0.4, 0.5) is 5.69 Å². The monoisotopic (exact) mass is 561 g/mol. The molecule has 216 valence electrons. The fourth-order valence-electron chi connectivity index (χ4n) is 5.74. The van der Waals surface area contributed by atoms with Gasteiger partial charge in [0, 0.05) is 42.9 Å². The van der Waals surface area contributed by atoms with Gasteiger partial charge in [-0.05, 0) is 55.3 Å². The molecule has 1 N–H and O–H groups in total. The van der Waals surface area contributed by atoms with E-state index in [0.29, 0.717) is 31.5 Å². The molecule has 1 aliphatic rings. The maximum Gasteiger partial charge on any atom is 0.258 e. The van der Waals surface area contributed by atoms with Crippen LogP contribution in [0.3, 0.4) is 0 Å². The summed E-state index contributed by atoms with van der Waals surface area (Å²) < 4.78 is 0. The number of benzene rings is 4. The maximum atomic E-state index is 14.0. The highest BCUT2D eigenvalue weighted by atomic mass is 16.2. The molecule has 0 radical (unpaired) electrons. The Hall–Kier alpha value is -4.45. The first-order chi connectivity index (χ1) is 20.4. The number of nitrogens with one attached hydrogen (secondary N) is 1. The number of anilines is 1. The molecule has 5 rings (SSSR count). The van der Waals surface area contributed by atoms with Gasteiger partial charge in [-0.3, -0.25) is 14.4 Å². The second-order valence-corrected chi connectivity index (χ2v) is 11.3. The first-order valence-electron chi connectivity index (χ1n) is 14.9. The molecule has 0 aromatic heterocycles. The normalized spacial score (nSPS) is 13.7. The molecule has 1 aliphatic heterocycles. The first-order valence-corrected chi connectivity index (χ1v) is 14.9. The molecule has 0 unspecified atom stereocenters. The lowest BCUT2D eigenvalue weighted by Crippen LogP contribution is -2.52. The van der Waals surface area contributed by atoms with Crippen molar-refractivity contribution >= 4 is 34.2 Å². The van der Waals surface area contributed by atoms with Crippen LogP contribution in [-0.2, 0) is 22.6 Å². The maximum absolute atomic E-state index is 14.0. The molecule has 0 saturated heterocycles. The zero-order valence-electron chi connectivity index (χ0n) is 24.7. The van der Waals surface area contributed by atoms with Crippen molar-refractivity contribution in [2.75, 3.05) is 11.4 Å². The van der Waals surface area contributed by atoms with Crippen molar-refractivity contribution in [3.05, 3.63) is 113 Å². The van der Waals surface area contributed by atoms with Crippen LogP contribution in [0.1, 0.15) is 60.2 Å². The van der Waals surface area contributed by atoms with Crippen molar-refractivity contribution in [1.29, 1.82) is 0 Å². The lowest BCUT2D eigenvalue weighted by Gasteiger charge is -2.32. The van der Waals surface area contributed by atoms with E-state index in [4.69, 9.17) is 0 Å². The van der Waals surface area contributed by atoms with Crippen molar-refractivity contribution < 1.29 is 14.4 Å². The molecular weight excluding hydrogens is 522 g/mol. The van der Waals surface area contributed by atoms with E-state index in [0.717, 1.165) is 39.6 Å². The van der Waals surface area contributed by atoms with Crippen molar-refractivity contribution in [2.24, 2.45) is 0 Å². The van der Waals surface area contributed by atoms with Crippen LogP contribution in [0.2, 0.25) is 0 Å². The van der Waals surface area contributed by atoms with Gasteiger partial charge in [0.05, 0.1) is 5.69 Å². The molecule has 0 saturated carbocycles. The smallest absolute Gasteiger partial charge is 0.258 e. The number of rotatable bonds is 12. The van der Waals surface area contributed by atoms with Gasteiger partial charge >= 0.3 is 0 Å². The molecule has 6 nitrogen and oxygen atoms in total. The molecule has 0 spiro atoms. The lowest BCUT2D eigenvalue weighted by atomic mass is 10.0. The van der Waals surface area contributed by atoms with Crippen LogP contribution in [0, 0.1) is 6.92 Å². The van der Waals surface area contributed by atoms with Gasteiger partial charge in [-0.15, -0.1) is 0 Å². The molecule has 4 aromatic rings. The number of hydrogen-bond acceptors (Lipinski definition) is 3. The second-order valence-electron chi connectivity index (χ2n) is 11.3. The summed E-state index contributed by atoms with van der Waals surface area (Å²) in [5.41, 5.74) is 4.68. The number of aryl methyl sites for hydroxylation is 1. The van der Waals surface area contributed by atoms with E-state index < -0.39 is 6.04 Å². The van der Waals surface area contributed by atoms with Crippen LogP contribution in [-0.4, -0.2) is 41.2 Å². The standard InChI is InChI=1S/C36H39N3O3/c1-4-26(3)37-35(41)32(23-27-13-6-5-7-14-27)39(24-28-15-8-12-25(2)22-28)33(40)20-11-21-38-31-19-10-17-29-16-9-18-30(34(29)31)36(38)42/h5-10,12-19,22,26,32H,4,11,20-21,23-24H2,1-3H3,(H,37,41)/t26-,32-/m0/s1. The zero-order valence-corrected chi connectivity index (χ0v) is 24.7. The minimum Gasteiger partial charge on any atom is -0.352 e. The third-order valence-corrected chi connectivity index (χ3v) is 8.13. The molecule has 2 atom stereocenters. The van der Waals surface area contributed by atoms with Crippen molar-refractivity contribution in [2.45, 2.75) is 65.1 Å². The van der Waals surface area contributed by atoms with Gasteiger partial charge in [-0.1, -0.05) is 91.3 Å². The SMILES string of the molecule is CC[C@H](C)NC(=O)[C@H](Cc1ccccc1)N(Cc1cccc(C)c1)C(=O)CCCN1C(=O)c2cccc3cccc1c23. The molecule has 1 heterocycles. The first kappa shape index (κ1) is 29.1. The third kappa shape index (κ3) is 6.38. The highest BCUT2D eigenvalue weighted by Crippen LogP contribution is 2.37. The predicted octanol–water partition coefficient (Wildman–Crippen LogP) is 6.44. The molecular formula is C36H39N3O3. The van der Waals surface area contributed by atoms with E-state index in [1.54, 1.807) is 9.80 Å². The minimum absolute atomic E-state index is 0.00258.